The van der Waals surface area contributed by atoms with Gasteiger partial charge in [-0.05, 0) is 62.4 Å². The van der Waals surface area contributed by atoms with Crippen LogP contribution in [0, 0.1) is 0 Å². The second-order valence-corrected chi connectivity index (χ2v) is 6.72. The lowest BCUT2D eigenvalue weighted by Gasteiger charge is -2.25. The molecule has 0 heterocycles. The zero-order valence-corrected chi connectivity index (χ0v) is 13.1. The summed E-state index contributed by atoms with van der Waals surface area (Å²) in [5.41, 5.74) is 2.14. The van der Waals surface area contributed by atoms with Crippen molar-refractivity contribution in [3.8, 4) is 0 Å². The molecule has 0 bridgehead atoms. The van der Waals surface area contributed by atoms with Gasteiger partial charge in [-0.3, -0.25) is 4.79 Å². The van der Waals surface area contributed by atoms with Gasteiger partial charge in [-0.2, -0.15) is 0 Å². The van der Waals surface area contributed by atoms with Crippen molar-refractivity contribution in [3.05, 3.63) is 29.3 Å². The van der Waals surface area contributed by atoms with Crippen molar-refractivity contribution in [2.24, 2.45) is 0 Å². The van der Waals surface area contributed by atoms with E-state index in [-0.39, 0.29) is 0 Å². The maximum atomic E-state index is 11.3. The third-order valence-corrected chi connectivity index (χ3v) is 4.98. The van der Waals surface area contributed by atoms with Gasteiger partial charge in [0.25, 0.3) is 0 Å². The fourth-order valence-corrected chi connectivity index (χ4v) is 3.81. The van der Waals surface area contributed by atoms with Crippen molar-refractivity contribution in [2.45, 2.75) is 50.0 Å². The first-order chi connectivity index (χ1) is 9.55. The van der Waals surface area contributed by atoms with E-state index in [4.69, 9.17) is 0 Å². The summed E-state index contributed by atoms with van der Waals surface area (Å²) >= 11 is 1.75. The summed E-state index contributed by atoms with van der Waals surface area (Å²) < 4.78 is 0. The molecule has 0 saturated carbocycles. The lowest BCUT2D eigenvalue weighted by molar-refractivity contribution is -0.144. The SMILES string of the molecule is CCNC(C)(CCSc1ccc2c(c1)CCC2)C(=O)O. The lowest BCUT2D eigenvalue weighted by Crippen LogP contribution is -2.49. The van der Waals surface area contributed by atoms with Crippen LogP contribution >= 0.6 is 11.8 Å². The maximum absolute atomic E-state index is 11.3. The first-order valence-corrected chi connectivity index (χ1v) is 8.27. The van der Waals surface area contributed by atoms with Crippen molar-refractivity contribution in [1.29, 1.82) is 0 Å². The van der Waals surface area contributed by atoms with Crippen LogP contribution in [0.25, 0.3) is 0 Å². The van der Waals surface area contributed by atoms with Gasteiger partial charge in [0, 0.05) is 10.6 Å². The number of hydrogen-bond donors (Lipinski definition) is 2. The lowest BCUT2D eigenvalue weighted by atomic mass is 9.99. The summed E-state index contributed by atoms with van der Waals surface area (Å²) in [4.78, 5) is 12.6. The van der Waals surface area contributed by atoms with Crippen LogP contribution in [0.3, 0.4) is 0 Å². The molecule has 0 fully saturated rings. The van der Waals surface area contributed by atoms with Crippen molar-refractivity contribution < 1.29 is 9.90 Å². The van der Waals surface area contributed by atoms with Crippen LogP contribution in [0.15, 0.2) is 23.1 Å². The molecule has 0 aliphatic heterocycles. The fraction of sp³-hybridized carbons (Fsp3) is 0.562. The predicted molar refractivity (Wildman–Crippen MR) is 83.5 cm³/mol. The number of benzene rings is 1. The van der Waals surface area contributed by atoms with E-state index in [1.54, 1.807) is 18.7 Å². The monoisotopic (exact) mass is 293 g/mol. The van der Waals surface area contributed by atoms with Crippen LogP contribution in [-0.2, 0) is 17.6 Å². The zero-order valence-electron chi connectivity index (χ0n) is 12.2. The molecule has 2 rings (SSSR count). The number of rotatable bonds is 7. The Morgan fingerprint density at radius 2 is 2.15 bits per heavy atom. The number of thioether (sulfide) groups is 1. The second kappa shape index (κ2) is 6.64. The van der Waals surface area contributed by atoms with E-state index in [0.29, 0.717) is 13.0 Å². The van der Waals surface area contributed by atoms with Gasteiger partial charge in [-0.15, -0.1) is 11.8 Å². The molecule has 0 amide bonds. The number of hydrogen-bond acceptors (Lipinski definition) is 3. The van der Waals surface area contributed by atoms with Crippen LogP contribution in [0.4, 0.5) is 0 Å². The average Bonchev–Trinajstić information content (AvgIpc) is 2.86. The minimum absolute atomic E-state index is 0.623. The molecule has 1 aromatic carbocycles. The number of fused-ring (bicyclic) bond motifs is 1. The van der Waals surface area contributed by atoms with E-state index in [1.807, 2.05) is 6.92 Å². The van der Waals surface area contributed by atoms with Crippen LogP contribution < -0.4 is 5.32 Å². The number of carboxylic acids is 1. The van der Waals surface area contributed by atoms with Crippen LogP contribution in [0.5, 0.6) is 0 Å². The molecule has 1 unspecified atom stereocenters. The van der Waals surface area contributed by atoms with Crippen molar-refractivity contribution >= 4 is 17.7 Å². The Bertz CT molecular complexity index is 489. The predicted octanol–water partition coefficient (Wildman–Crippen LogP) is 3.11. The molecule has 0 aromatic heterocycles. The molecule has 110 valence electrons. The second-order valence-electron chi connectivity index (χ2n) is 5.55. The highest BCUT2D eigenvalue weighted by molar-refractivity contribution is 7.99. The number of aryl methyl sites for hydroxylation is 2. The van der Waals surface area contributed by atoms with Gasteiger partial charge in [0.1, 0.15) is 5.54 Å². The Kier molecular flexibility index (Phi) is 5.11. The van der Waals surface area contributed by atoms with E-state index < -0.39 is 11.5 Å². The van der Waals surface area contributed by atoms with Crippen molar-refractivity contribution in [3.63, 3.8) is 0 Å². The summed E-state index contributed by atoms with van der Waals surface area (Å²) in [5, 5.41) is 12.4. The third kappa shape index (κ3) is 3.55. The first-order valence-electron chi connectivity index (χ1n) is 7.28. The number of carbonyl (C=O) groups is 1. The molecule has 1 atom stereocenters. The quantitative estimate of drug-likeness (QED) is 0.758. The third-order valence-electron chi connectivity index (χ3n) is 3.98. The Balaban J connectivity index is 1.90. The van der Waals surface area contributed by atoms with Gasteiger partial charge >= 0.3 is 5.97 Å². The first kappa shape index (κ1) is 15.4. The molecular formula is C16H23NO2S. The normalized spacial score (nSPS) is 16.7. The zero-order chi connectivity index (χ0) is 14.6. The van der Waals surface area contributed by atoms with Gasteiger partial charge < -0.3 is 10.4 Å². The molecule has 0 saturated heterocycles. The Morgan fingerprint density at radius 3 is 2.85 bits per heavy atom. The van der Waals surface area contributed by atoms with E-state index in [1.165, 1.54) is 35.3 Å². The van der Waals surface area contributed by atoms with Crippen molar-refractivity contribution in [2.75, 3.05) is 12.3 Å². The number of nitrogens with one attached hydrogen (secondary N) is 1. The van der Waals surface area contributed by atoms with Gasteiger partial charge in [-0.25, -0.2) is 0 Å². The van der Waals surface area contributed by atoms with E-state index in [9.17, 15) is 9.90 Å². The van der Waals surface area contributed by atoms with Crippen LogP contribution in [0.2, 0.25) is 0 Å². The summed E-state index contributed by atoms with van der Waals surface area (Å²) in [7, 11) is 0. The van der Waals surface area contributed by atoms with E-state index >= 15 is 0 Å². The molecule has 0 radical (unpaired) electrons. The average molecular weight is 293 g/mol. The van der Waals surface area contributed by atoms with Gasteiger partial charge in [-0.1, -0.05) is 13.0 Å². The van der Waals surface area contributed by atoms with Crippen LogP contribution in [0.1, 0.15) is 37.8 Å². The smallest absolute Gasteiger partial charge is 0.323 e. The largest absolute Gasteiger partial charge is 0.480 e. The number of likely N-dealkylation sites (N-methyl/N-ethyl adjacent to an activating group) is 1. The summed E-state index contributed by atoms with van der Waals surface area (Å²) in [6.45, 7) is 4.38. The Labute approximate surface area is 125 Å². The fourth-order valence-electron chi connectivity index (χ4n) is 2.67. The van der Waals surface area contributed by atoms with Gasteiger partial charge in [0.05, 0.1) is 0 Å². The molecular weight excluding hydrogens is 270 g/mol. The Hall–Kier alpha value is -1.00. The molecule has 20 heavy (non-hydrogen) atoms. The summed E-state index contributed by atoms with van der Waals surface area (Å²) in [6, 6.07) is 6.67. The van der Waals surface area contributed by atoms with E-state index in [2.05, 4.69) is 23.5 Å². The Morgan fingerprint density at radius 1 is 1.40 bits per heavy atom. The minimum Gasteiger partial charge on any atom is -0.480 e. The topological polar surface area (TPSA) is 49.3 Å². The highest BCUT2D eigenvalue weighted by Gasteiger charge is 2.31. The molecule has 3 nitrogen and oxygen atoms in total. The van der Waals surface area contributed by atoms with Crippen molar-refractivity contribution in [1.82, 2.24) is 5.32 Å². The molecule has 1 aliphatic rings. The minimum atomic E-state index is -0.821. The highest BCUT2D eigenvalue weighted by atomic mass is 32.2. The molecule has 1 aromatic rings. The molecule has 2 N–H and O–H groups in total. The number of aliphatic carboxylic acids is 1. The molecule has 0 spiro atoms. The van der Waals surface area contributed by atoms with Crippen LogP contribution in [-0.4, -0.2) is 28.9 Å². The standard InChI is InChI=1S/C16H23NO2S/c1-3-17-16(2,15(18)19)9-10-20-14-8-7-12-5-4-6-13(12)11-14/h7-8,11,17H,3-6,9-10H2,1-2H3,(H,18,19). The summed E-state index contributed by atoms with van der Waals surface area (Å²) in [5.74, 6) is 0.0445. The highest BCUT2D eigenvalue weighted by Crippen LogP contribution is 2.28. The maximum Gasteiger partial charge on any atom is 0.323 e. The van der Waals surface area contributed by atoms with Gasteiger partial charge in [0.15, 0.2) is 0 Å². The number of carboxylic acid groups (broad SMARTS) is 1. The van der Waals surface area contributed by atoms with Gasteiger partial charge in [0.2, 0.25) is 0 Å². The molecule has 1 aliphatic carbocycles. The van der Waals surface area contributed by atoms with E-state index in [0.717, 1.165) is 5.75 Å². The molecule has 4 heteroatoms. The summed E-state index contributed by atoms with van der Waals surface area (Å²) in [6.07, 6.45) is 4.28.